The maximum absolute atomic E-state index is 2.55. The third-order valence-electron chi connectivity index (χ3n) is 9.74. The molecular formula is C39H53P. The van der Waals surface area contributed by atoms with Gasteiger partial charge in [-0.05, 0) is 99.0 Å². The van der Waals surface area contributed by atoms with Crippen molar-refractivity contribution in [2.45, 2.75) is 135 Å². The Bertz CT molecular complexity index is 1190. The molecule has 214 valence electrons. The lowest BCUT2D eigenvalue weighted by Crippen LogP contribution is -2.26. The molecule has 40 heavy (non-hydrogen) atoms. The lowest BCUT2D eigenvalue weighted by molar-refractivity contribution is 0.487. The van der Waals surface area contributed by atoms with Crippen molar-refractivity contribution in [3.05, 3.63) is 77.4 Å². The molecule has 2 aliphatic carbocycles. The van der Waals surface area contributed by atoms with Crippen molar-refractivity contribution < 1.29 is 0 Å². The van der Waals surface area contributed by atoms with Crippen LogP contribution in [0.15, 0.2) is 60.7 Å². The van der Waals surface area contributed by atoms with Gasteiger partial charge in [0, 0.05) is 0 Å². The van der Waals surface area contributed by atoms with E-state index >= 15 is 0 Å². The summed E-state index contributed by atoms with van der Waals surface area (Å²) in [7, 11) is -0.0624. The largest absolute Gasteiger partial charge is 0.0690 e. The third-order valence-corrected chi connectivity index (χ3v) is 13.2. The zero-order chi connectivity index (χ0) is 28.2. The highest BCUT2D eigenvalue weighted by Crippen LogP contribution is 2.55. The molecular weight excluding hydrogens is 499 g/mol. The van der Waals surface area contributed by atoms with Gasteiger partial charge in [0.1, 0.15) is 0 Å². The first-order valence-electron chi connectivity index (χ1n) is 16.5. The quantitative estimate of drug-likeness (QED) is 0.244. The Kier molecular flexibility index (Phi) is 9.89. The second-order valence-corrected chi connectivity index (χ2v) is 16.4. The Morgan fingerprint density at radius 3 is 1.48 bits per heavy atom. The summed E-state index contributed by atoms with van der Waals surface area (Å²) in [6.45, 7) is 14.1. The average molecular weight is 553 g/mol. The molecule has 0 saturated heterocycles. The monoisotopic (exact) mass is 552 g/mol. The van der Waals surface area contributed by atoms with Gasteiger partial charge in [0.25, 0.3) is 0 Å². The van der Waals surface area contributed by atoms with Crippen LogP contribution in [0.2, 0.25) is 0 Å². The highest BCUT2D eigenvalue weighted by molar-refractivity contribution is 7.67. The lowest BCUT2D eigenvalue weighted by atomic mass is 9.80. The molecule has 3 aromatic carbocycles. The predicted octanol–water partition coefficient (Wildman–Crippen LogP) is 12.2. The predicted molar refractivity (Wildman–Crippen MR) is 180 cm³/mol. The minimum absolute atomic E-state index is 0.0624. The van der Waals surface area contributed by atoms with Gasteiger partial charge >= 0.3 is 0 Å². The van der Waals surface area contributed by atoms with Crippen molar-refractivity contribution in [2.75, 3.05) is 0 Å². The van der Waals surface area contributed by atoms with Crippen LogP contribution >= 0.6 is 7.92 Å². The SMILES string of the molecule is CC(C)c1cc(C(C)C)c(-c2ccccc2-c2ccc(P(C3CCCCC3)C3CCCCC3)cc2)c(C(C)C)c1. The van der Waals surface area contributed by atoms with Gasteiger partial charge in [-0.25, -0.2) is 0 Å². The fraction of sp³-hybridized carbons (Fsp3) is 0.538. The first-order valence-corrected chi connectivity index (χ1v) is 18.0. The Morgan fingerprint density at radius 2 is 1.02 bits per heavy atom. The summed E-state index contributed by atoms with van der Waals surface area (Å²) >= 11 is 0. The van der Waals surface area contributed by atoms with E-state index < -0.39 is 0 Å². The number of hydrogen-bond acceptors (Lipinski definition) is 0. The van der Waals surface area contributed by atoms with Crippen molar-refractivity contribution >= 4 is 13.2 Å². The standard InChI is InChI=1S/C39H53P/c1-27(2)31-25-37(28(3)4)39(38(26-31)29(5)6)36-20-14-13-19-35(36)30-21-23-34(24-22-30)40(32-15-9-7-10-16-32)33-17-11-8-12-18-33/h13-14,19-29,32-33H,7-12,15-18H2,1-6H3. The topological polar surface area (TPSA) is 0 Å². The van der Waals surface area contributed by atoms with E-state index in [-0.39, 0.29) is 7.92 Å². The Morgan fingerprint density at radius 1 is 0.550 bits per heavy atom. The van der Waals surface area contributed by atoms with Crippen LogP contribution in [0.1, 0.15) is 140 Å². The molecule has 0 heterocycles. The van der Waals surface area contributed by atoms with Gasteiger partial charge in [-0.2, -0.15) is 0 Å². The van der Waals surface area contributed by atoms with Gasteiger partial charge < -0.3 is 0 Å². The van der Waals surface area contributed by atoms with Crippen LogP contribution in [-0.4, -0.2) is 11.3 Å². The Labute approximate surface area is 247 Å². The molecule has 1 heteroatoms. The Balaban J connectivity index is 1.56. The Hall–Kier alpha value is -1.91. The molecule has 2 saturated carbocycles. The highest BCUT2D eigenvalue weighted by atomic mass is 31.1. The normalized spacial score (nSPS) is 17.4. The smallest absolute Gasteiger partial charge is 0.00997 e. The van der Waals surface area contributed by atoms with Crippen molar-refractivity contribution in [1.29, 1.82) is 0 Å². The molecule has 2 aliphatic rings. The summed E-state index contributed by atoms with van der Waals surface area (Å²) in [5.41, 5.74) is 12.0. The zero-order valence-corrected chi connectivity index (χ0v) is 27.1. The molecule has 3 aromatic rings. The summed E-state index contributed by atoms with van der Waals surface area (Å²) in [4.78, 5) is 0. The van der Waals surface area contributed by atoms with Gasteiger partial charge in [0.2, 0.25) is 0 Å². The summed E-state index contributed by atoms with van der Waals surface area (Å²) in [5, 5.41) is 1.68. The molecule has 0 aromatic heterocycles. The van der Waals surface area contributed by atoms with Gasteiger partial charge in [-0.1, -0.05) is 149 Å². The second-order valence-electron chi connectivity index (χ2n) is 13.6. The van der Waals surface area contributed by atoms with Crippen molar-refractivity contribution in [3.63, 3.8) is 0 Å². The van der Waals surface area contributed by atoms with Crippen molar-refractivity contribution in [2.24, 2.45) is 0 Å². The summed E-state index contributed by atoms with van der Waals surface area (Å²) in [6, 6.07) is 24.3. The van der Waals surface area contributed by atoms with E-state index in [0.717, 1.165) is 11.3 Å². The second kappa shape index (κ2) is 13.4. The van der Waals surface area contributed by atoms with Crippen LogP contribution in [-0.2, 0) is 0 Å². The van der Waals surface area contributed by atoms with E-state index in [1.54, 1.807) is 5.30 Å². The molecule has 0 nitrogen and oxygen atoms in total. The first kappa shape index (κ1) is 29.6. The molecule has 2 fully saturated rings. The highest BCUT2D eigenvalue weighted by Gasteiger charge is 2.32. The molecule has 0 amide bonds. The average Bonchev–Trinajstić information content (AvgIpc) is 2.98. The first-order chi connectivity index (χ1) is 19.3. The van der Waals surface area contributed by atoms with Crippen molar-refractivity contribution in [1.82, 2.24) is 0 Å². The van der Waals surface area contributed by atoms with E-state index in [1.807, 2.05) is 0 Å². The van der Waals surface area contributed by atoms with Crippen LogP contribution in [0.5, 0.6) is 0 Å². The van der Waals surface area contributed by atoms with Crippen LogP contribution in [0.4, 0.5) is 0 Å². The van der Waals surface area contributed by atoms with Gasteiger partial charge in [-0.15, -0.1) is 0 Å². The molecule has 0 atom stereocenters. The van der Waals surface area contributed by atoms with E-state index in [4.69, 9.17) is 0 Å². The minimum atomic E-state index is -0.0624. The molecule has 0 radical (unpaired) electrons. The van der Waals surface area contributed by atoms with Crippen LogP contribution < -0.4 is 5.30 Å². The van der Waals surface area contributed by atoms with Gasteiger partial charge in [0.05, 0.1) is 0 Å². The molecule has 5 rings (SSSR count). The van der Waals surface area contributed by atoms with Crippen LogP contribution in [0.25, 0.3) is 22.3 Å². The molecule has 0 bridgehead atoms. The molecule has 0 spiro atoms. The van der Waals surface area contributed by atoms with E-state index in [1.165, 1.54) is 103 Å². The molecule has 0 N–H and O–H groups in total. The third kappa shape index (κ3) is 6.44. The summed E-state index contributed by atoms with van der Waals surface area (Å²) in [5.74, 6) is 1.50. The summed E-state index contributed by atoms with van der Waals surface area (Å²) in [6.07, 6.45) is 14.6. The summed E-state index contributed by atoms with van der Waals surface area (Å²) < 4.78 is 0. The molecule has 0 unspecified atom stereocenters. The maximum Gasteiger partial charge on any atom is -0.00997 e. The number of rotatable bonds is 8. The van der Waals surface area contributed by atoms with E-state index in [9.17, 15) is 0 Å². The van der Waals surface area contributed by atoms with Gasteiger partial charge in [-0.3, -0.25) is 0 Å². The van der Waals surface area contributed by atoms with Gasteiger partial charge in [0.15, 0.2) is 0 Å². The van der Waals surface area contributed by atoms with E-state index in [0.29, 0.717) is 17.8 Å². The van der Waals surface area contributed by atoms with Crippen LogP contribution in [0, 0.1) is 0 Å². The van der Waals surface area contributed by atoms with E-state index in [2.05, 4.69) is 102 Å². The fourth-order valence-corrected chi connectivity index (χ4v) is 11.2. The fourth-order valence-electron chi connectivity index (χ4n) is 7.47. The van der Waals surface area contributed by atoms with Crippen molar-refractivity contribution in [3.8, 4) is 22.3 Å². The number of hydrogen-bond donors (Lipinski definition) is 0. The minimum Gasteiger partial charge on any atom is -0.0690 e. The number of benzene rings is 3. The zero-order valence-electron chi connectivity index (χ0n) is 26.2. The maximum atomic E-state index is 2.55. The van der Waals surface area contributed by atoms with Crippen LogP contribution in [0.3, 0.4) is 0 Å². The lowest BCUT2D eigenvalue weighted by Gasteiger charge is -2.38. The molecule has 0 aliphatic heterocycles.